The van der Waals surface area contributed by atoms with Crippen LogP contribution in [-0.2, 0) is 11.3 Å². The number of rotatable bonds is 3. The molecule has 2 aromatic rings. The number of methoxy groups -OCH3 is 1. The van der Waals surface area contributed by atoms with Gasteiger partial charge < -0.3 is 4.74 Å². The highest BCUT2D eigenvalue weighted by atomic mass is 16.5. The largest absolute Gasteiger partial charge is 0.380 e. The number of Topliss-reactive ketones (excluding diaryl/α,β-unsaturated/α-hetero) is 1. The first-order chi connectivity index (χ1) is 9.31. The number of ketones is 1. The first-order valence-corrected chi connectivity index (χ1v) is 6.24. The van der Waals surface area contributed by atoms with Crippen LogP contribution in [0.25, 0.3) is 11.6 Å². The molecule has 0 heterocycles. The SMILES string of the molecule is COCc1ccccc1C1=Cc2ccccc2C1=O. The minimum atomic E-state index is 0.0964. The van der Waals surface area contributed by atoms with E-state index in [1.165, 1.54) is 0 Å². The number of carbonyl (C=O) groups excluding carboxylic acids is 1. The molecule has 0 aromatic heterocycles. The summed E-state index contributed by atoms with van der Waals surface area (Å²) in [5.74, 6) is 0.0964. The fourth-order valence-corrected chi connectivity index (χ4v) is 2.46. The second-order valence-electron chi connectivity index (χ2n) is 4.56. The van der Waals surface area contributed by atoms with E-state index < -0.39 is 0 Å². The van der Waals surface area contributed by atoms with Crippen molar-refractivity contribution in [2.24, 2.45) is 0 Å². The molecule has 0 spiro atoms. The van der Waals surface area contributed by atoms with Crippen LogP contribution in [0.1, 0.15) is 27.0 Å². The molecule has 3 rings (SSSR count). The van der Waals surface area contributed by atoms with Gasteiger partial charge in [0.2, 0.25) is 0 Å². The number of allylic oxidation sites excluding steroid dienone is 1. The zero-order valence-corrected chi connectivity index (χ0v) is 10.7. The van der Waals surface area contributed by atoms with Gasteiger partial charge in [0.05, 0.1) is 6.61 Å². The lowest BCUT2D eigenvalue weighted by molar-refractivity contribution is 0.105. The van der Waals surface area contributed by atoms with E-state index in [1.807, 2.05) is 54.6 Å². The Morgan fingerprint density at radius 2 is 1.63 bits per heavy atom. The summed E-state index contributed by atoms with van der Waals surface area (Å²) in [6.45, 7) is 0.511. The molecule has 0 unspecified atom stereocenters. The number of hydrogen-bond acceptors (Lipinski definition) is 2. The Labute approximate surface area is 112 Å². The van der Waals surface area contributed by atoms with E-state index in [2.05, 4.69) is 0 Å². The van der Waals surface area contributed by atoms with Crippen molar-refractivity contribution >= 4 is 17.4 Å². The summed E-state index contributed by atoms with van der Waals surface area (Å²) in [4.78, 5) is 12.4. The van der Waals surface area contributed by atoms with Crippen LogP contribution < -0.4 is 0 Å². The van der Waals surface area contributed by atoms with E-state index in [-0.39, 0.29) is 5.78 Å². The minimum Gasteiger partial charge on any atom is -0.380 e. The van der Waals surface area contributed by atoms with Crippen molar-refractivity contribution < 1.29 is 9.53 Å². The Kier molecular flexibility index (Phi) is 3.02. The van der Waals surface area contributed by atoms with Gasteiger partial charge in [0.25, 0.3) is 0 Å². The van der Waals surface area contributed by atoms with Gasteiger partial charge in [-0.05, 0) is 22.8 Å². The summed E-state index contributed by atoms with van der Waals surface area (Å²) < 4.78 is 5.20. The topological polar surface area (TPSA) is 26.3 Å². The van der Waals surface area contributed by atoms with Gasteiger partial charge in [-0.2, -0.15) is 0 Å². The molecule has 0 atom stereocenters. The monoisotopic (exact) mass is 250 g/mol. The number of fused-ring (bicyclic) bond motifs is 1. The molecule has 0 bridgehead atoms. The van der Waals surface area contributed by atoms with E-state index in [0.29, 0.717) is 6.61 Å². The third kappa shape index (κ3) is 2.00. The third-order valence-electron chi connectivity index (χ3n) is 3.36. The molecule has 94 valence electrons. The lowest BCUT2D eigenvalue weighted by atomic mass is 9.97. The van der Waals surface area contributed by atoms with E-state index in [1.54, 1.807) is 7.11 Å². The van der Waals surface area contributed by atoms with Crippen LogP contribution in [0, 0.1) is 0 Å². The number of carbonyl (C=O) groups is 1. The van der Waals surface area contributed by atoms with Crippen molar-refractivity contribution in [3.05, 3.63) is 70.8 Å². The molecule has 2 nitrogen and oxygen atoms in total. The molecule has 0 N–H and O–H groups in total. The Morgan fingerprint density at radius 3 is 2.37 bits per heavy atom. The van der Waals surface area contributed by atoms with E-state index in [9.17, 15) is 4.79 Å². The molecule has 0 fully saturated rings. The average molecular weight is 250 g/mol. The highest BCUT2D eigenvalue weighted by molar-refractivity contribution is 6.37. The van der Waals surface area contributed by atoms with Gasteiger partial charge >= 0.3 is 0 Å². The van der Waals surface area contributed by atoms with Gasteiger partial charge in [-0.3, -0.25) is 4.79 Å². The summed E-state index contributed by atoms with van der Waals surface area (Å²) >= 11 is 0. The zero-order valence-electron chi connectivity index (χ0n) is 10.7. The molecular weight excluding hydrogens is 236 g/mol. The Bertz CT molecular complexity index is 668. The molecule has 2 aromatic carbocycles. The van der Waals surface area contributed by atoms with Crippen LogP contribution >= 0.6 is 0 Å². The smallest absolute Gasteiger partial charge is 0.194 e. The molecule has 1 aliphatic rings. The highest BCUT2D eigenvalue weighted by Gasteiger charge is 2.24. The van der Waals surface area contributed by atoms with E-state index >= 15 is 0 Å². The summed E-state index contributed by atoms with van der Waals surface area (Å²) in [6.07, 6.45) is 1.96. The second kappa shape index (κ2) is 4.82. The summed E-state index contributed by atoms with van der Waals surface area (Å²) in [5, 5.41) is 0. The van der Waals surface area contributed by atoms with Gasteiger partial charge in [-0.1, -0.05) is 48.5 Å². The van der Waals surface area contributed by atoms with Crippen LogP contribution in [0.5, 0.6) is 0 Å². The van der Waals surface area contributed by atoms with E-state index in [4.69, 9.17) is 4.74 Å². The summed E-state index contributed by atoms with van der Waals surface area (Å²) in [5.41, 5.74) is 4.54. The lowest BCUT2D eigenvalue weighted by Crippen LogP contribution is -2.01. The second-order valence-corrected chi connectivity index (χ2v) is 4.56. The Hall–Kier alpha value is -2.19. The quantitative estimate of drug-likeness (QED) is 0.832. The van der Waals surface area contributed by atoms with Crippen molar-refractivity contribution in [2.45, 2.75) is 6.61 Å². The van der Waals surface area contributed by atoms with E-state index in [0.717, 1.165) is 27.8 Å². The van der Waals surface area contributed by atoms with Crippen LogP contribution in [0.2, 0.25) is 0 Å². The van der Waals surface area contributed by atoms with Crippen molar-refractivity contribution in [2.75, 3.05) is 7.11 Å². The maximum Gasteiger partial charge on any atom is 0.194 e. The molecule has 0 radical (unpaired) electrons. The Morgan fingerprint density at radius 1 is 0.947 bits per heavy atom. The van der Waals surface area contributed by atoms with Gasteiger partial charge in [-0.15, -0.1) is 0 Å². The molecule has 1 aliphatic carbocycles. The van der Waals surface area contributed by atoms with Gasteiger partial charge in [0.15, 0.2) is 5.78 Å². The van der Waals surface area contributed by atoms with Crippen LogP contribution in [0.15, 0.2) is 48.5 Å². The normalized spacial score (nSPS) is 13.3. The standard InChI is InChI=1S/C17H14O2/c1-19-11-13-7-3-4-8-14(13)16-10-12-6-2-5-9-15(12)17(16)18/h2-10H,11H2,1H3. The molecule has 0 amide bonds. The molecule has 0 aliphatic heterocycles. The highest BCUT2D eigenvalue weighted by Crippen LogP contribution is 2.33. The van der Waals surface area contributed by atoms with Gasteiger partial charge in [-0.25, -0.2) is 0 Å². The summed E-state index contributed by atoms with van der Waals surface area (Å²) in [6, 6.07) is 15.6. The van der Waals surface area contributed by atoms with Crippen molar-refractivity contribution in [3.8, 4) is 0 Å². The number of ether oxygens (including phenoxy) is 1. The molecule has 0 saturated carbocycles. The first-order valence-electron chi connectivity index (χ1n) is 6.24. The number of hydrogen-bond donors (Lipinski definition) is 0. The molecule has 0 saturated heterocycles. The van der Waals surface area contributed by atoms with Crippen molar-refractivity contribution in [1.29, 1.82) is 0 Å². The zero-order chi connectivity index (χ0) is 13.2. The maximum absolute atomic E-state index is 12.4. The fourth-order valence-electron chi connectivity index (χ4n) is 2.46. The predicted molar refractivity (Wildman–Crippen MR) is 75.8 cm³/mol. The predicted octanol–water partition coefficient (Wildman–Crippen LogP) is 3.57. The third-order valence-corrected chi connectivity index (χ3v) is 3.36. The van der Waals surface area contributed by atoms with Crippen LogP contribution in [0.3, 0.4) is 0 Å². The first kappa shape index (κ1) is 11.9. The Balaban J connectivity index is 2.08. The number of benzene rings is 2. The molecule has 2 heteroatoms. The molecule has 19 heavy (non-hydrogen) atoms. The average Bonchev–Trinajstić information content (AvgIpc) is 2.78. The maximum atomic E-state index is 12.4. The fraction of sp³-hybridized carbons (Fsp3) is 0.118. The van der Waals surface area contributed by atoms with Gasteiger partial charge in [0.1, 0.15) is 0 Å². The molecular formula is C17H14O2. The summed E-state index contributed by atoms with van der Waals surface area (Å²) in [7, 11) is 1.66. The van der Waals surface area contributed by atoms with Crippen LogP contribution in [-0.4, -0.2) is 12.9 Å². The van der Waals surface area contributed by atoms with Gasteiger partial charge in [0, 0.05) is 18.2 Å². The van der Waals surface area contributed by atoms with Crippen molar-refractivity contribution in [3.63, 3.8) is 0 Å². The minimum absolute atomic E-state index is 0.0964. The lowest BCUT2D eigenvalue weighted by Gasteiger charge is -2.08. The van der Waals surface area contributed by atoms with Crippen LogP contribution in [0.4, 0.5) is 0 Å². The van der Waals surface area contributed by atoms with Crippen molar-refractivity contribution in [1.82, 2.24) is 0 Å².